The van der Waals surface area contributed by atoms with Gasteiger partial charge in [0, 0.05) is 6.54 Å². The zero-order valence-corrected chi connectivity index (χ0v) is 6.73. The standard InChI is InChI=1S/C6H14N4O2/c7-4(5(11)12)2-1-3-10-6(8)9/h4H,1-3,7H2,(H,11,12)(H4,8,9,10)/t4-/m0/s1/i4+1,5+1. The van der Waals surface area contributed by atoms with Crippen LogP contribution >= 0.6 is 0 Å². The van der Waals surface area contributed by atoms with Gasteiger partial charge in [-0.1, -0.05) is 0 Å². The first-order valence-corrected chi connectivity index (χ1v) is 3.58. The predicted molar refractivity (Wildman–Crippen MR) is 45.5 cm³/mol. The topological polar surface area (TPSA) is 128 Å². The van der Waals surface area contributed by atoms with E-state index in [1.807, 2.05) is 0 Å². The maximum Gasteiger partial charge on any atom is 0.320 e. The number of hydrogen-bond acceptors (Lipinski definition) is 3. The molecule has 0 aromatic heterocycles. The SMILES string of the molecule is NC(N)=NCCC[13C@H](N)[13C](=O)O. The van der Waals surface area contributed by atoms with Crippen molar-refractivity contribution in [3.05, 3.63) is 0 Å². The molecule has 6 heteroatoms. The number of nitrogens with two attached hydrogens (primary N) is 3. The molecule has 0 heterocycles. The molecule has 0 rings (SSSR count). The van der Waals surface area contributed by atoms with Crippen LogP contribution in [0.3, 0.4) is 0 Å². The summed E-state index contributed by atoms with van der Waals surface area (Å²) in [4.78, 5) is 13.9. The van der Waals surface area contributed by atoms with E-state index >= 15 is 0 Å². The van der Waals surface area contributed by atoms with E-state index in [9.17, 15) is 4.79 Å². The lowest BCUT2D eigenvalue weighted by atomic mass is 10.4. The largest absolute Gasteiger partial charge is 0.480 e. The zero-order chi connectivity index (χ0) is 9.56. The Morgan fingerprint density at radius 2 is 2.08 bits per heavy atom. The summed E-state index contributed by atoms with van der Waals surface area (Å²) in [6, 6.07) is -0.820. The molecule has 0 amide bonds. The molecule has 0 fully saturated rings. The van der Waals surface area contributed by atoms with Crippen LogP contribution in [0.1, 0.15) is 12.8 Å². The van der Waals surface area contributed by atoms with E-state index in [4.69, 9.17) is 22.3 Å². The molecule has 70 valence electrons. The molecular weight excluding hydrogens is 162 g/mol. The number of guanidine groups is 1. The number of hydrogen-bond donors (Lipinski definition) is 4. The van der Waals surface area contributed by atoms with Gasteiger partial charge in [-0.2, -0.15) is 0 Å². The highest BCUT2D eigenvalue weighted by Gasteiger charge is 2.09. The van der Waals surface area contributed by atoms with Crippen LogP contribution in [0.4, 0.5) is 0 Å². The minimum absolute atomic E-state index is 0.0129. The Balaban J connectivity index is 3.44. The second-order valence-electron chi connectivity index (χ2n) is 2.39. The van der Waals surface area contributed by atoms with E-state index < -0.39 is 12.0 Å². The summed E-state index contributed by atoms with van der Waals surface area (Å²) >= 11 is 0. The van der Waals surface area contributed by atoms with Gasteiger partial charge in [0.1, 0.15) is 6.04 Å². The van der Waals surface area contributed by atoms with Gasteiger partial charge in [0.05, 0.1) is 0 Å². The van der Waals surface area contributed by atoms with Gasteiger partial charge in [0.25, 0.3) is 0 Å². The van der Waals surface area contributed by atoms with Crippen LogP contribution in [0.15, 0.2) is 4.99 Å². The summed E-state index contributed by atoms with van der Waals surface area (Å²) in [5.41, 5.74) is 15.3. The van der Waals surface area contributed by atoms with Gasteiger partial charge in [-0.25, -0.2) is 0 Å². The summed E-state index contributed by atoms with van der Waals surface area (Å²) in [7, 11) is 0. The highest BCUT2D eigenvalue weighted by atomic mass is 16.5. The molecule has 0 unspecified atom stereocenters. The molecule has 0 radical (unpaired) electrons. The third-order valence-corrected chi connectivity index (χ3v) is 1.28. The van der Waals surface area contributed by atoms with Crippen LogP contribution in [0.2, 0.25) is 0 Å². The molecule has 0 saturated carbocycles. The fraction of sp³-hybridized carbons (Fsp3) is 0.667. The summed E-state index contributed by atoms with van der Waals surface area (Å²) in [6.45, 7) is 0.420. The van der Waals surface area contributed by atoms with Gasteiger partial charge in [0.15, 0.2) is 5.96 Å². The van der Waals surface area contributed by atoms with E-state index in [-0.39, 0.29) is 5.96 Å². The highest BCUT2D eigenvalue weighted by molar-refractivity contribution is 5.75. The minimum atomic E-state index is -1.00. The predicted octanol–water partition coefficient (Wildman–Crippen LogP) is -1.55. The van der Waals surface area contributed by atoms with Crippen molar-refractivity contribution < 1.29 is 9.90 Å². The molecule has 1 atom stereocenters. The number of aliphatic imine (C=N–C) groups is 1. The summed E-state index contributed by atoms with van der Waals surface area (Å²) in [5, 5.41) is 8.38. The van der Waals surface area contributed by atoms with Crippen molar-refractivity contribution in [2.75, 3.05) is 6.54 Å². The fourth-order valence-corrected chi connectivity index (χ4v) is 0.643. The van der Waals surface area contributed by atoms with Crippen molar-refractivity contribution in [2.45, 2.75) is 18.9 Å². The lowest BCUT2D eigenvalue weighted by Crippen LogP contribution is -2.30. The molecule has 12 heavy (non-hydrogen) atoms. The lowest BCUT2D eigenvalue weighted by Gasteiger charge is -2.03. The Kier molecular flexibility index (Phi) is 4.78. The van der Waals surface area contributed by atoms with Crippen molar-refractivity contribution in [1.29, 1.82) is 0 Å². The summed E-state index contributed by atoms with van der Waals surface area (Å²) in [6.07, 6.45) is 0.956. The fourth-order valence-electron chi connectivity index (χ4n) is 0.643. The van der Waals surface area contributed by atoms with E-state index in [2.05, 4.69) is 4.99 Å². The van der Waals surface area contributed by atoms with Gasteiger partial charge in [-0.15, -0.1) is 0 Å². The summed E-state index contributed by atoms with van der Waals surface area (Å²) < 4.78 is 0. The van der Waals surface area contributed by atoms with E-state index in [0.717, 1.165) is 0 Å². The highest BCUT2D eigenvalue weighted by Crippen LogP contribution is 1.94. The van der Waals surface area contributed by atoms with Crippen LogP contribution in [-0.4, -0.2) is 29.6 Å². The molecule has 7 N–H and O–H groups in total. The van der Waals surface area contributed by atoms with Gasteiger partial charge in [-0.05, 0) is 12.8 Å². The van der Waals surface area contributed by atoms with Gasteiger partial charge < -0.3 is 22.3 Å². The second-order valence-corrected chi connectivity index (χ2v) is 2.39. The van der Waals surface area contributed by atoms with Crippen LogP contribution in [-0.2, 0) is 4.79 Å². The second kappa shape index (κ2) is 5.36. The van der Waals surface area contributed by atoms with Gasteiger partial charge in [0.2, 0.25) is 0 Å². The molecule has 0 spiro atoms. The molecule has 0 bridgehead atoms. The Morgan fingerprint density at radius 1 is 1.50 bits per heavy atom. The third-order valence-electron chi connectivity index (χ3n) is 1.28. The normalized spacial score (nSPS) is 12.1. The average molecular weight is 176 g/mol. The molecule has 0 aliphatic heterocycles. The van der Waals surface area contributed by atoms with Crippen LogP contribution < -0.4 is 17.2 Å². The first-order valence-electron chi connectivity index (χ1n) is 3.58. The molecule has 0 aliphatic rings. The Bertz CT molecular complexity index is 176. The van der Waals surface area contributed by atoms with E-state index in [1.165, 1.54) is 0 Å². The van der Waals surface area contributed by atoms with Crippen LogP contribution in [0.25, 0.3) is 0 Å². The number of nitrogens with zero attached hydrogens (tertiary/aromatic N) is 1. The van der Waals surface area contributed by atoms with Crippen LogP contribution in [0, 0.1) is 0 Å². The number of aliphatic carboxylic acids is 1. The molecule has 0 aliphatic carbocycles. The zero-order valence-electron chi connectivity index (χ0n) is 6.73. The molecule has 0 aromatic rings. The first kappa shape index (κ1) is 10.7. The number of carboxylic acids is 1. The maximum atomic E-state index is 10.2. The number of carbonyl (C=O) groups is 1. The van der Waals surface area contributed by atoms with E-state index in [0.29, 0.717) is 19.4 Å². The Hall–Kier alpha value is -1.30. The van der Waals surface area contributed by atoms with Gasteiger partial charge in [-0.3, -0.25) is 9.79 Å². The quantitative estimate of drug-likeness (QED) is 0.174. The molecule has 0 aromatic carbocycles. The Labute approximate surface area is 70.4 Å². The third kappa shape index (κ3) is 5.48. The average Bonchev–Trinajstić information content (AvgIpc) is 1.97. The monoisotopic (exact) mass is 176 g/mol. The van der Waals surface area contributed by atoms with E-state index in [1.54, 1.807) is 0 Å². The number of rotatable bonds is 5. The first-order chi connectivity index (χ1) is 5.54. The lowest BCUT2D eigenvalue weighted by molar-refractivity contribution is -0.138. The Morgan fingerprint density at radius 3 is 2.50 bits per heavy atom. The van der Waals surface area contributed by atoms with Crippen molar-refractivity contribution >= 4 is 11.9 Å². The molecule has 0 saturated heterocycles. The van der Waals surface area contributed by atoms with Gasteiger partial charge >= 0.3 is 5.97 Å². The van der Waals surface area contributed by atoms with Crippen LogP contribution in [0.5, 0.6) is 0 Å². The summed E-state index contributed by atoms with van der Waals surface area (Å²) in [5.74, 6) is -0.987. The van der Waals surface area contributed by atoms with Crippen molar-refractivity contribution in [1.82, 2.24) is 0 Å². The van der Waals surface area contributed by atoms with Crippen molar-refractivity contribution in [2.24, 2.45) is 22.2 Å². The number of carboxylic acid groups (broad SMARTS) is 1. The smallest absolute Gasteiger partial charge is 0.320 e. The van der Waals surface area contributed by atoms with Crippen molar-refractivity contribution in [3.63, 3.8) is 0 Å². The van der Waals surface area contributed by atoms with Crippen molar-refractivity contribution in [3.8, 4) is 0 Å². The molecular formula is C6H14N4O2. The molecule has 6 nitrogen and oxygen atoms in total. The maximum absolute atomic E-state index is 10.2. The minimum Gasteiger partial charge on any atom is -0.480 e.